The third-order valence-electron chi connectivity index (χ3n) is 2.62. The molecular weight excluding hydrogens is 150 g/mol. The van der Waals surface area contributed by atoms with Gasteiger partial charge in [-0.3, -0.25) is 0 Å². The fourth-order valence-corrected chi connectivity index (χ4v) is 1.87. The zero-order chi connectivity index (χ0) is 8.65. The molecule has 1 saturated carbocycles. The molecule has 2 heteroatoms. The minimum absolute atomic E-state index is 0.319. The monoisotopic (exact) mass is 171 g/mol. The van der Waals surface area contributed by atoms with E-state index < -0.39 is 0 Å². The van der Waals surface area contributed by atoms with Gasteiger partial charge in [-0.05, 0) is 25.8 Å². The Morgan fingerprint density at radius 1 is 1.08 bits per heavy atom. The van der Waals surface area contributed by atoms with Gasteiger partial charge >= 0.3 is 0 Å². The zero-order valence-electron chi connectivity index (χ0n) is 7.89. The molecule has 12 heavy (non-hydrogen) atoms. The summed E-state index contributed by atoms with van der Waals surface area (Å²) in [6, 6.07) is 0.735. The molecule has 0 spiro atoms. The summed E-state index contributed by atoms with van der Waals surface area (Å²) in [5.41, 5.74) is 0. The van der Waals surface area contributed by atoms with Gasteiger partial charge in [0.2, 0.25) is 0 Å². The highest BCUT2D eigenvalue weighted by atomic mass is 16.3. The van der Waals surface area contributed by atoms with E-state index in [9.17, 15) is 0 Å². The van der Waals surface area contributed by atoms with Gasteiger partial charge in [0.15, 0.2) is 0 Å². The van der Waals surface area contributed by atoms with Crippen LogP contribution in [-0.2, 0) is 0 Å². The van der Waals surface area contributed by atoms with E-state index in [4.69, 9.17) is 5.11 Å². The van der Waals surface area contributed by atoms with Crippen LogP contribution in [0.2, 0.25) is 0 Å². The highest BCUT2D eigenvalue weighted by Gasteiger charge is 2.10. The van der Waals surface area contributed by atoms with Crippen molar-refractivity contribution in [1.82, 2.24) is 5.32 Å². The SMILES string of the molecule is OCCCNC1CCCCCC1. The number of aliphatic hydroxyl groups excluding tert-OH is 1. The quantitative estimate of drug-likeness (QED) is 0.498. The molecule has 1 aliphatic rings. The Morgan fingerprint density at radius 3 is 2.33 bits per heavy atom. The summed E-state index contributed by atoms with van der Waals surface area (Å²) in [6.45, 7) is 1.31. The van der Waals surface area contributed by atoms with Gasteiger partial charge in [0.05, 0.1) is 0 Å². The molecular formula is C10H21NO. The summed E-state index contributed by atoms with van der Waals surface area (Å²) in [5.74, 6) is 0. The van der Waals surface area contributed by atoms with E-state index in [1.807, 2.05) is 0 Å². The normalized spacial score (nSPS) is 20.8. The fraction of sp³-hybridized carbons (Fsp3) is 1.00. The minimum atomic E-state index is 0.319. The fourth-order valence-electron chi connectivity index (χ4n) is 1.87. The van der Waals surface area contributed by atoms with Crippen LogP contribution in [0.3, 0.4) is 0 Å². The molecule has 0 radical (unpaired) electrons. The maximum Gasteiger partial charge on any atom is 0.0443 e. The van der Waals surface area contributed by atoms with Crippen molar-refractivity contribution in [2.75, 3.05) is 13.2 Å². The van der Waals surface area contributed by atoms with E-state index >= 15 is 0 Å². The summed E-state index contributed by atoms with van der Waals surface area (Å²) in [6.07, 6.45) is 9.18. The average Bonchev–Trinajstić information content (AvgIpc) is 2.33. The van der Waals surface area contributed by atoms with E-state index in [2.05, 4.69) is 5.32 Å². The maximum atomic E-state index is 8.61. The van der Waals surface area contributed by atoms with Crippen LogP contribution >= 0.6 is 0 Å². The van der Waals surface area contributed by atoms with Crippen molar-refractivity contribution in [3.05, 3.63) is 0 Å². The lowest BCUT2D eigenvalue weighted by Gasteiger charge is -2.15. The Labute approximate surface area is 75.4 Å². The number of nitrogens with one attached hydrogen (secondary N) is 1. The van der Waals surface area contributed by atoms with E-state index in [0.717, 1.165) is 19.0 Å². The molecule has 0 saturated heterocycles. The van der Waals surface area contributed by atoms with Gasteiger partial charge in [-0.15, -0.1) is 0 Å². The number of hydrogen-bond donors (Lipinski definition) is 2. The zero-order valence-corrected chi connectivity index (χ0v) is 7.89. The Morgan fingerprint density at radius 2 is 1.75 bits per heavy atom. The van der Waals surface area contributed by atoms with Crippen LogP contribution in [0.15, 0.2) is 0 Å². The van der Waals surface area contributed by atoms with Crippen molar-refractivity contribution in [3.63, 3.8) is 0 Å². The van der Waals surface area contributed by atoms with E-state index in [-0.39, 0.29) is 0 Å². The predicted octanol–water partition coefficient (Wildman–Crippen LogP) is 1.68. The van der Waals surface area contributed by atoms with Gasteiger partial charge in [-0.25, -0.2) is 0 Å². The van der Waals surface area contributed by atoms with Crippen LogP contribution in [-0.4, -0.2) is 24.3 Å². The molecule has 2 nitrogen and oxygen atoms in total. The van der Waals surface area contributed by atoms with Crippen molar-refractivity contribution in [1.29, 1.82) is 0 Å². The Kier molecular flexibility index (Phi) is 5.37. The molecule has 2 N–H and O–H groups in total. The highest BCUT2D eigenvalue weighted by Crippen LogP contribution is 2.16. The van der Waals surface area contributed by atoms with Crippen molar-refractivity contribution in [3.8, 4) is 0 Å². The van der Waals surface area contributed by atoms with Gasteiger partial charge in [0, 0.05) is 12.6 Å². The maximum absolute atomic E-state index is 8.61. The molecule has 0 aliphatic heterocycles. The van der Waals surface area contributed by atoms with Crippen molar-refractivity contribution in [2.24, 2.45) is 0 Å². The van der Waals surface area contributed by atoms with Gasteiger partial charge in [-0.1, -0.05) is 25.7 Å². The molecule has 0 amide bonds. The molecule has 0 aromatic rings. The molecule has 1 rings (SSSR count). The third-order valence-corrected chi connectivity index (χ3v) is 2.62. The largest absolute Gasteiger partial charge is 0.396 e. The molecule has 0 aromatic carbocycles. The summed E-state index contributed by atoms with van der Waals surface area (Å²) in [5, 5.41) is 12.1. The molecule has 1 aliphatic carbocycles. The predicted molar refractivity (Wildman–Crippen MR) is 51.2 cm³/mol. The summed E-state index contributed by atoms with van der Waals surface area (Å²) < 4.78 is 0. The Bertz CT molecular complexity index is 98.0. The number of aliphatic hydroxyl groups is 1. The van der Waals surface area contributed by atoms with E-state index in [1.165, 1.54) is 38.5 Å². The van der Waals surface area contributed by atoms with E-state index in [0.29, 0.717) is 6.61 Å². The molecule has 0 bridgehead atoms. The minimum Gasteiger partial charge on any atom is -0.396 e. The third kappa shape index (κ3) is 4.07. The van der Waals surface area contributed by atoms with Crippen LogP contribution < -0.4 is 5.32 Å². The lowest BCUT2D eigenvalue weighted by Crippen LogP contribution is -2.29. The van der Waals surface area contributed by atoms with Gasteiger partial charge in [0.1, 0.15) is 0 Å². The first-order chi connectivity index (χ1) is 5.93. The standard InChI is InChI=1S/C10H21NO/c12-9-5-8-11-10-6-3-1-2-4-7-10/h10-12H,1-9H2. The highest BCUT2D eigenvalue weighted by molar-refractivity contribution is 4.70. The Hall–Kier alpha value is -0.0800. The van der Waals surface area contributed by atoms with Crippen LogP contribution in [0.5, 0.6) is 0 Å². The first-order valence-electron chi connectivity index (χ1n) is 5.27. The van der Waals surface area contributed by atoms with Crippen molar-refractivity contribution < 1.29 is 5.11 Å². The molecule has 0 unspecified atom stereocenters. The molecule has 1 fully saturated rings. The van der Waals surface area contributed by atoms with Crippen LogP contribution in [0.1, 0.15) is 44.9 Å². The van der Waals surface area contributed by atoms with Crippen molar-refractivity contribution >= 4 is 0 Å². The van der Waals surface area contributed by atoms with Crippen LogP contribution in [0.4, 0.5) is 0 Å². The second-order valence-corrected chi connectivity index (χ2v) is 3.72. The summed E-state index contributed by atoms with van der Waals surface area (Å²) >= 11 is 0. The first-order valence-corrected chi connectivity index (χ1v) is 5.27. The second kappa shape index (κ2) is 6.44. The second-order valence-electron chi connectivity index (χ2n) is 3.72. The van der Waals surface area contributed by atoms with Gasteiger partial charge in [-0.2, -0.15) is 0 Å². The van der Waals surface area contributed by atoms with Crippen LogP contribution in [0, 0.1) is 0 Å². The molecule has 72 valence electrons. The molecule has 0 heterocycles. The Balaban J connectivity index is 2.04. The van der Waals surface area contributed by atoms with Crippen LogP contribution in [0.25, 0.3) is 0 Å². The molecule has 0 aromatic heterocycles. The van der Waals surface area contributed by atoms with Gasteiger partial charge in [0.25, 0.3) is 0 Å². The smallest absolute Gasteiger partial charge is 0.0443 e. The first kappa shape index (κ1) is 10.0. The topological polar surface area (TPSA) is 32.3 Å². The molecule has 0 atom stereocenters. The number of hydrogen-bond acceptors (Lipinski definition) is 2. The average molecular weight is 171 g/mol. The van der Waals surface area contributed by atoms with Crippen molar-refractivity contribution in [2.45, 2.75) is 51.0 Å². The lowest BCUT2D eigenvalue weighted by atomic mass is 10.1. The lowest BCUT2D eigenvalue weighted by molar-refractivity contribution is 0.281. The number of rotatable bonds is 4. The summed E-state index contributed by atoms with van der Waals surface area (Å²) in [7, 11) is 0. The van der Waals surface area contributed by atoms with E-state index in [1.54, 1.807) is 0 Å². The van der Waals surface area contributed by atoms with Gasteiger partial charge < -0.3 is 10.4 Å². The summed E-state index contributed by atoms with van der Waals surface area (Å²) in [4.78, 5) is 0.